The number of halogens is 2. The van der Waals surface area contributed by atoms with Crippen molar-refractivity contribution in [2.24, 2.45) is 0 Å². The van der Waals surface area contributed by atoms with E-state index in [0.29, 0.717) is 11.5 Å². The van der Waals surface area contributed by atoms with Gasteiger partial charge in [-0.1, -0.05) is 41.4 Å². The largest absolute Gasteiger partial charge is 0.418 e. The van der Waals surface area contributed by atoms with Gasteiger partial charge in [0.25, 0.3) is 0 Å². The summed E-state index contributed by atoms with van der Waals surface area (Å²) in [6.07, 6.45) is 0. The third-order valence-electron chi connectivity index (χ3n) is 3.05. The lowest BCUT2D eigenvalue weighted by molar-refractivity contribution is 0.524. The number of rotatable bonds is 2. The number of hydrogen-bond donors (Lipinski definition) is 0. The third kappa shape index (κ3) is 1.93. The highest BCUT2D eigenvalue weighted by atomic mass is 35.5. The predicted octanol–water partition coefficient (Wildman–Crippen LogP) is 2.80. The van der Waals surface area contributed by atoms with Gasteiger partial charge in [-0.15, -0.1) is 15.3 Å². The fourth-order valence-electron chi connectivity index (χ4n) is 2.16. The molecule has 0 aliphatic heterocycles. The first-order chi connectivity index (χ1) is 10.2. The summed E-state index contributed by atoms with van der Waals surface area (Å²) in [6.45, 7) is 0. The van der Waals surface area contributed by atoms with E-state index >= 15 is 0 Å². The fourth-order valence-corrected chi connectivity index (χ4v) is 2.33. The smallest absolute Gasteiger partial charge is 0.249 e. The molecule has 9 heteroatoms. The Bertz CT molecular complexity index is 947. The summed E-state index contributed by atoms with van der Waals surface area (Å²) in [5, 5.41) is 20.3. The number of para-hydroxylation sites is 1. The van der Waals surface area contributed by atoms with E-state index in [1.807, 2.05) is 24.3 Å². The monoisotopic (exact) mass is 320 g/mol. The summed E-state index contributed by atoms with van der Waals surface area (Å²) in [5.74, 6) is 0.467. The van der Waals surface area contributed by atoms with E-state index < -0.39 is 4.84 Å². The van der Waals surface area contributed by atoms with Crippen molar-refractivity contribution in [3.8, 4) is 11.5 Å². The molecule has 0 fully saturated rings. The normalized spacial score (nSPS) is 11.8. The Morgan fingerprint density at radius 2 is 1.95 bits per heavy atom. The van der Waals surface area contributed by atoms with Crippen LogP contribution in [0.2, 0.25) is 0 Å². The summed E-state index contributed by atoms with van der Waals surface area (Å²) in [4.78, 5) is -0.865. The van der Waals surface area contributed by atoms with Crippen LogP contribution in [-0.4, -0.2) is 30.2 Å². The number of fused-ring (bicyclic) bond motifs is 3. The minimum atomic E-state index is -0.865. The Morgan fingerprint density at radius 1 is 1.10 bits per heavy atom. The minimum Gasteiger partial charge on any atom is -0.418 e. The van der Waals surface area contributed by atoms with Crippen molar-refractivity contribution in [2.45, 2.75) is 4.84 Å². The summed E-state index contributed by atoms with van der Waals surface area (Å²) < 4.78 is 7.14. The maximum Gasteiger partial charge on any atom is 0.249 e. The van der Waals surface area contributed by atoms with Gasteiger partial charge in [-0.3, -0.25) is 0 Å². The molecule has 4 aromatic rings. The number of benzene rings is 1. The number of nitrogens with zero attached hydrogens (tertiary/aromatic N) is 6. The van der Waals surface area contributed by atoms with Gasteiger partial charge >= 0.3 is 0 Å². The Labute approximate surface area is 127 Å². The highest BCUT2D eigenvalue weighted by Gasteiger charge is 2.18. The number of tetrazole rings is 1. The van der Waals surface area contributed by atoms with Crippen LogP contribution >= 0.6 is 23.2 Å². The summed E-state index contributed by atoms with van der Waals surface area (Å²) in [6, 6.07) is 9.42. The van der Waals surface area contributed by atoms with Gasteiger partial charge in [0.2, 0.25) is 11.8 Å². The molecule has 0 unspecified atom stereocenters. The molecular weight excluding hydrogens is 315 g/mol. The zero-order valence-electron chi connectivity index (χ0n) is 10.3. The average molecular weight is 321 g/mol. The number of alkyl halides is 2. The van der Waals surface area contributed by atoms with E-state index in [-0.39, 0.29) is 5.89 Å². The van der Waals surface area contributed by atoms with E-state index in [4.69, 9.17) is 27.6 Å². The van der Waals surface area contributed by atoms with Crippen molar-refractivity contribution < 1.29 is 4.42 Å². The first kappa shape index (κ1) is 12.5. The molecule has 1 aromatic carbocycles. The molecule has 0 aliphatic carbocycles. The Morgan fingerprint density at radius 3 is 2.76 bits per heavy atom. The van der Waals surface area contributed by atoms with Gasteiger partial charge in [0.05, 0.1) is 11.1 Å². The minimum absolute atomic E-state index is 0.150. The van der Waals surface area contributed by atoms with Crippen molar-refractivity contribution >= 4 is 39.8 Å². The molecule has 0 N–H and O–H groups in total. The van der Waals surface area contributed by atoms with E-state index in [1.165, 1.54) is 0 Å². The van der Waals surface area contributed by atoms with Crippen molar-refractivity contribution in [3.63, 3.8) is 0 Å². The van der Waals surface area contributed by atoms with Gasteiger partial charge < -0.3 is 4.42 Å². The van der Waals surface area contributed by atoms with Gasteiger partial charge in [-0.2, -0.15) is 4.52 Å². The van der Waals surface area contributed by atoms with Crippen LogP contribution in [0, 0.1) is 0 Å². The van der Waals surface area contributed by atoms with Gasteiger partial charge in [-0.25, -0.2) is 0 Å². The molecule has 104 valence electrons. The van der Waals surface area contributed by atoms with Crippen LogP contribution in [0.1, 0.15) is 10.7 Å². The van der Waals surface area contributed by atoms with Crippen molar-refractivity contribution in [1.82, 2.24) is 30.2 Å². The Kier molecular flexibility index (Phi) is 2.76. The lowest BCUT2D eigenvalue weighted by Gasteiger charge is -2.04. The maximum absolute atomic E-state index is 5.73. The first-order valence-electron chi connectivity index (χ1n) is 5.96. The molecule has 0 saturated carbocycles. The van der Waals surface area contributed by atoms with Gasteiger partial charge in [0.15, 0.2) is 10.5 Å². The zero-order chi connectivity index (χ0) is 14.4. The molecule has 0 saturated heterocycles. The quantitative estimate of drug-likeness (QED) is 0.528. The maximum atomic E-state index is 5.73. The van der Waals surface area contributed by atoms with E-state index in [1.54, 1.807) is 10.6 Å². The van der Waals surface area contributed by atoms with Crippen LogP contribution in [0.3, 0.4) is 0 Å². The molecule has 21 heavy (non-hydrogen) atoms. The van der Waals surface area contributed by atoms with E-state index in [9.17, 15) is 0 Å². The van der Waals surface area contributed by atoms with Crippen LogP contribution in [0.25, 0.3) is 28.0 Å². The average Bonchev–Trinajstić information content (AvgIpc) is 3.15. The topological polar surface area (TPSA) is 82.0 Å². The number of aromatic nitrogens is 6. The summed E-state index contributed by atoms with van der Waals surface area (Å²) in [7, 11) is 0. The standard InChI is InChI=1S/C12H6Cl2N6O/c13-10(14)12-17-16-11(21-12)7-5-9-15-18-19-20(9)8-4-2-1-3-6(7)8/h1-5,10H. The van der Waals surface area contributed by atoms with Crippen LogP contribution in [-0.2, 0) is 0 Å². The van der Waals surface area contributed by atoms with Crippen LogP contribution < -0.4 is 0 Å². The van der Waals surface area contributed by atoms with Crippen molar-refractivity contribution in [3.05, 3.63) is 36.2 Å². The second-order valence-corrected chi connectivity index (χ2v) is 5.37. The van der Waals surface area contributed by atoms with Gasteiger partial charge in [-0.05, 0) is 22.6 Å². The molecule has 3 aromatic heterocycles. The zero-order valence-corrected chi connectivity index (χ0v) is 11.8. The predicted molar refractivity (Wildman–Crippen MR) is 76.0 cm³/mol. The third-order valence-corrected chi connectivity index (χ3v) is 3.42. The van der Waals surface area contributed by atoms with Gasteiger partial charge in [0, 0.05) is 5.39 Å². The Balaban J connectivity index is 2.05. The molecule has 7 nitrogen and oxygen atoms in total. The van der Waals surface area contributed by atoms with Gasteiger partial charge in [0.1, 0.15) is 0 Å². The van der Waals surface area contributed by atoms with E-state index in [0.717, 1.165) is 16.5 Å². The number of hydrogen-bond acceptors (Lipinski definition) is 6. The lowest BCUT2D eigenvalue weighted by atomic mass is 10.1. The highest BCUT2D eigenvalue weighted by Crippen LogP contribution is 2.31. The summed E-state index contributed by atoms with van der Waals surface area (Å²) in [5.41, 5.74) is 2.14. The molecule has 3 heterocycles. The second-order valence-electron chi connectivity index (χ2n) is 4.27. The number of pyridine rings is 1. The molecule has 0 aliphatic rings. The molecular formula is C12H6Cl2N6O. The molecule has 0 bridgehead atoms. The second kappa shape index (κ2) is 4.64. The SMILES string of the molecule is ClC(Cl)c1nnc(-c2cc3nnnn3c3ccccc23)o1. The molecule has 0 spiro atoms. The van der Waals surface area contributed by atoms with Crippen LogP contribution in [0.4, 0.5) is 0 Å². The van der Waals surface area contributed by atoms with E-state index in [2.05, 4.69) is 25.7 Å². The first-order valence-corrected chi connectivity index (χ1v) is 6.83. The molecule has 4 rings (SSSR count). The van der Waals surface area contributed by atoms with Crippen LogP contribution in [0.5, 0.6) is 0 Å². The van der Waals surface area contributed by atoms with Crippen LogP contribution in [0.15, 0.2) is 34.7 Å². The summed E-state index contributed by atoms with van der Waals surface area (Å²) >= 11 is 11.5. The van der Waals surface area contributed by atoms with Crippen molar-refractivity contribution in [2.75, 3.05) is 0 Å². The van der Waals surface area contributed by atoms with Crippen molar-refractivity contribution in [1.29, 1.82) is 0 Å². The fraction of sp³-hybridized carbons (Fsp3) is 0.0833. The molecule has 0 radical (unpaired) electrons. The lowest BCUT2D eigenvalue weighted by Crippen LogP contribution is -1.93. The Hall–Kier alpha value is -2.25. The molecule has 0 amide bonds. The molecule has 0 atom stereocenters. The highest BCUT2D eigenvalue weighted by molar-refractivity contribution is 6.43.